The number of aromatic amines is 1. The lowest BCUT2D eigenvalue weighted by molar-refractivity contribution is 1.11. The van der Waals surface area contributed by atoms with Crippen LogP contribution < -0.4 is 5.56 Å². The largest absolute Gasteiger partial charge is 0.305 e. The van der Waals surface area contributed by atoms with Gasteiger partial charge in [-0.3, -0.25) is 4.79 Å². The third kappa shape index (κ3) is 1.88. The highest BCUT2D eigenvalue weighted by Crippen LogP contribution is 2.23. The van der Waals surface area contributed by atoms with E-state index in [2.05, 4.69) is 25.9 Å². The second-order valence-corrected chi connectivity index (χ2v) is 3.92. The number of aromatic nitrogens is 2. The first-order valence-electron chi connectivity index (χ1n) is 4.46. The second kappa shape index (κ2) is 4.29. The summed E-state index contributed by atoms with van der Waals surface area (Å²) in [6.45, 7) is 0. The fraction of sp³-hybridized carbons (Fsp3) is 0. The lowest BCUT2D eigenvalue weighted by Gasteiger charge is -2.02. The van der Waals surface area contributed by atoms with E-state index in [1.165, 1.54) is 6.20 Å². The zero-order valence-electron chi connectivity index (χ0n) is 8.07. The van der Waals surface area contributed by atoms with Gasteiger partial charge in [0, 0.05) is 10.0 Å². The van der Waals surface area contributed by atoms with Crippen molar-refractivity contribution in [1.82, 2.24) is 9.97 Å². The maximum Gasteiger partial charge on any atom is 0.269 e. The van der Waals surface area contributed by atoms with Crippen LogP contribution in [0.5, 0.6) is 0 Å². The summed E-state index contributed by atoms with van der Waals surface area (Å²) in [6.07, 6.45) is 1.27. The van der Waals surface area contributed by atoms with Gasteiger partial charge in [0.1, 0.15) is 17.5 Å². The van der Waals surface area contributed by atoms with Crippen molar-refractivity contribution in [3.8, 4) is 17.5 Å². The summed E-state index contributed by atoms with van der Waals surface area (Å²) in [6, 6.07) is 9.17. The number of halogens is 1. The highest BCUT2D eigenvalue weighted by atomic mass is 79.9. The molecule has 0 radical (unpaired) electrons. The molecule has 0 aliphatic heterocycles. The number of hydrogen-bond acceptors (Lipinski definition) is 3. The molecule has 4 nitrogen and oxygen atoms in total. The van der Waals surface area contributed by atoms with Crippen LogP contribution in [0, 0.1) is 11.3 Å². The van der Waals surface area contributed by atoms with Crippen LogP contribution in [0.3, 0.4) is 0 Å². The third-order valence-electron chi connectivity index (χ3n) is 2.05. The predicted molar refractivity (Wildman–Crippen MR) is 62.7 cm³/mol. The number of benzene rings is 1. The Labute approximate surface area is 99.7 Å². The van der Waals surface area contributed by atoms with Crippen molar-refractivity contribution < 1.29 is 0 Å². The molecule has 0 saturated carbocycles. The highest BCUT2D eigenvalue weighted by molar-refractivity contribution is 9.10. The summed E-state index contributed by atoms with van der Waals surface area (Å²) in [7, 11) is 0. The van der Waals surface area contributed by atoms with Crippen molar-refractivity contribution >= 4 is 15.9 Å². The van der Waals surface area contributed by atoms with E-state index in [1.807, 2.05) is 24.3 Å². The summed E-state index contributed by atoms with van der Waals surface area (Å²) in [5.41, 5.74) is 0.364. The molecule has 0 amide bonds. The fourth-order valence-corrected chi connectivity index (χ4v) is 1.74. The molecule has 0 spiro atoms. The average Bonchev–Trinajstić information content (AvgIpc) is 2.29. The van der Waals surface area contributed by atoms with Crippen molar-refractivity contribution in [3.63, 3.8) is 0 Å². The van der Waals surface area contributed by atoms with Gasteiger partial charge in [0.15, 0.2) is 0 Å². The van der Waals surface area contributed by atoms with Crippen molar-refractivity contribution in [2.45, 2.75) is 0 Å². The number of nitriles is 1. The maximum atomic E-state index is 11.4. The van der Waals surface area contributed by atoms with Crippen LogP contribution in [0.2, 0.25) is 0 Å². The van der Waals surface area contributed by atoms with Gasteiger partial charge in [-0.2, -0.15) is 5.26 Å². The van der Waals surface area contributed by atoms with E-state index in [1.54, 1.807) is 6.07 Å². The first kappa shape index (κ1) is 10.6. The fourth-order valence-electron chi connectivity index (χ4n) is 1.26. The zero-order valence-corrected chi connectivity index (χ0v) is 9.65. The molecule has 0 aliphatic rings. The minimum Gasteiger partial charge on any atom is -0.305 e. The minimum absolute atomic E-state index is 0.0100. The summed E-state index contributed by atoms with van der Waals surface area (Å²) >= 11 is 3.37. The van der Waals surface area contributed by atoms with Gasteiger partial charge in [-0.1, -0.05) is 34.1 Å². The molecule has 1 heterocycles. The van der Waals surface area contributed by atoms with Crippen LogP contribution in [-0.2, 0) is 0 Å². The van der Waals surface area contributed by atoms with Gasteiger partial charge >= 0.3 is 0 Å². The predicted octanol–water partition coefficient (Wildman–Crippen LogP) is 2.07. The average molecular weight is 276 g/mol. The van der Waals surface area contributed by atoms with Crippen molar-refractivity contribution in [2.75, 3.05) is 0 Å². The van der Waals surface area contributed by atoms with Crippen LogP contribution in [0.1, 0.15) is 5.56 Å². The van der Waals surface area contributed by atoms with E-state index in [0.717, 1.165) is 10.0 Å². The van der Waals surface area contributed by atoms with E-state index in [9.17, 15) is 4.79 Å². The lowest BCUT2D eigenvalue weighted by Crippen LogP contribution is -2.12. The zero-order chi connectivity index (χ0) is 11.5. The first-order valence-corrected chi connectivity index (χ1v) is 5.26. The summed E-state index contributed by atoms with van der Waals surface area (Å²) in [5.74, 6) is 0.441. The molecule has 0 aliphatic carbocycles. The number of H-pyrrole nitrogens is 1. The van der Waals surface area contributed by atoms with Gasteiger partial charge in [0.05, 0.1) is 6.20 Å². The molecule has 2 aromatic rings. The molecule has 5 heteroatoms. The molecule has 1 aromatic carbocycles. The molecule has 0 fully saturated rings. The molecule has 78 valence electrons. The van der Waals surface area contributed by atoms with Gasteiger partial charge in [0.25, 0.3) is 5.56 Å². The van der Waals surface area contributed by atoms with Crippen molar-refractivity contribution in [1.29, 1.82) is 5.26 Å². The molecule has 0 bridgehead atoms. The summed E-state index contributed by atoms with van der Waals surface area (Å²) < 4.78 is 0.836. The Kier molecular flexibility index (Phi) is 2.84. The lowest BCUT2D eigenvalue weighted by atomic mass is 10.2. The van der Waals surface area contributed by atoms with E-state index in [-0.39, 0.29) is 5.56 Å². The van der Waals surface area contributed by atoms with Crippen LogP contribution in [-0.4, -0.2) is 9.97 Å². The van der Waals surface area contributed by atoms with Crippen LogP contribution in [0.25, 0.3) is 11.4 Å². The monoisotopic (exact) mass is 275 g/mol. The topological polar surface area (TPSA) is 69.5 Å². The Hall–Kier alpha value is -1.93. The number of hydrogen-bond donors (Lipinski definition) is 1. The maximum absolute atomic E-state index is 11.4. The quantitative estimate of drug-likeness (QED) is 0.866. The van der Waals surface area contributed by atoms with E-state index in [0.29, 0.717) is 5.82 Å². The smallest absolute Gasteiger partial charge is 0.269 e. The molecule has 1 aromatic heterocycles. The first-order chi connectivity index (χ1) is 7.72. The van der Waals surface area contributed by atoms with Crippen molar-refractivity contribution in [3.05, 3.63) is 50.9 Å². The molecule has 16 heavy (non-hydrogen) atoms. The standard InChI is InChI=1S/C11H6BrN3O/c12-9-4-2-1-3-8(9)10-14-6-7(5-13)11(16)15-10/h1-4,6H,(H,14,15,16). The highest BCUT2D eigenvalue weighted by Gasteiger charge is 2.06. The van der Waals surface area contributed by atoms with Gasteiger partial charge in [-0.15, -0.1) is 0 Å². The molecule has 0 unspecified atom stereocenters. The number of nitrogens with one attached hydrogen (secondary N) is 1. The van der Waals surface area contributed by atoms with E-state index < -0.39 is 5.56 Å². The number of nitrogens with zero attached hydrogens (tertiary/aromatic N) is 2. The molecule has 0 saturated heterocycles. The van der Waals surface area contributed by atoms with Crippen LogP contribution in [0.4, 0.5) is 0 Å². The summed E-state index contributed by atoms with van der Waals surface area (Å²) in [4.78, 5) is 18.0. The minimum atomic E-state index is -0.428. The Morgan fingerprint density at radius 1 is 1.38 bits per heavy atom. The number of rotatable bonds is 1. The summed E-state index contributed by atoms with van der Waals surface area (Å²) in [5, 5.41) is 8.62. The van der Waals surface area contributed by atoms with E-state index in [4.69, 9.17) is 5.26 Å². The van der Waals surface area contributed by atoms with Crippen LogP contribution in [0.15, 0.2) is 39.7 Å². The van der Waals surface area contributed by atoms with Gasteiger partial charge < -0.3 is 4.98 Å². The molecular formula is C11H6BrN3O. The molecule has 2 rings (SSSR count). The normalized spacial score (nSPS) is 9.75. The molecular weight excluding hydrogens is 270 g/mol. The Bertz CT molecular complexity index is 628. The SMILES string of the molecule is N#Cc1cnc(-c2ccccc2Br)[nH]c1=O. The Morgan fingerprint density at radius 2 is 2.12 bits per heavy atom. The Balaban J connectivity index is 2.60. The second-order valence-electron chi connectivity index (χ2n) is 3.07. The van der Waals surface area contributed by atoms with E-state index >= 15 is 0 Å². The van der Waals surface area contributed by atoms with Gasteiger partial charge in [-0.25, -0.2) is 4.98 Å². The van der Waals surface area contributed by atoms with Gasteiger partial charge in [-0.05, 0) is 6.07 Å². The third-order valence-corrected chi connectivity index (χ3v) is 2.74. The molecule has 0 atom stereocenters. The van der Waals surface area contributed by atoms with Crippen LogP contribution >= 0.6 is 15.9 Å². The van der Waals surface area contributed by atoms with Gasteiger partial charge in [0.2, 0.25) is 0 Å². The Morgan fingerprint density at radius 3 is 2.75 bits per heavy atom. The van der Waals surface area contributed by atoms with Crippen molar-refractivity contribution in [2.24, 2.45) is 0 Å². The molecule has 1 N–H and O–H groups in total.